The lowest BCUT2D eigenvalue weighted by Gasteiger charge is -2.35. The van der Waals surface area contributed by atoms with Crippen molar-refractivity contribution >= 4 is 23.5 Å². The summed E-state index contributed by atoms with van der Waals surface area (Å²) in [4.78, 5) is 35.4. The highest BCUT2D eigenvalue weighted by atomic mass is 16.4. The Balaban J connectivity index is 1.88. The summed E-state index contributed by atoms with van der Waals surface area (Å²) in [6.45, 7) is 7.17. The van der Waals surface area contributed by atoms with Gasteiger partial charge in [0.25, 0.3) is 5.91 Å². The van der Waals surface area contributed by atoms with Crippen molar-refractivity contribution in [3.8, 4) is 0 Å². The lowest BCUT2D eigenvalue weighted by molar-refractivity contribution is 0.0696. The monoisotopic (exact) mass is 396 g/mol. The molecule has 0 aliphatic carbocycles. The minimum absolute atomic E-state index is 0.169. The first-order valence-electron chi connectivity index (χ1n) is 10.2. The average Bonchev–Trinajstić information content (AvgIpc) is 2.73. The quantitative estimate of drug-likeness (QED) is 0.755. The minimum atomic E-state index is -1.00. The Morgan fingerprint density at radius 2 is 1.93 bits per heavy atom. The molecule has 2 aromatic rings. The molecule has 0 saturated carbocycles. The van der Waals surface area contributed by atoms with Crippen molar-refractivity contribution in [3.63, 3.8) is 0 Å². The smallest absolute Gasteiger partial charge is 0.335 e. The van der Waals surface area contributed by atoms with Crippen molar-refractivity contribution in [1.82, 2.24) is 9.97 Å². The van der Waals surface area contributed by atoms with Gasteiger partial charge < -0.3 is 15.3 Å². The number of hydrogen-bond donors (Lipinski definition) is 2. The summed E-state index contributed by atoms with van der Waals surface area (Å²) in [5.74, 6) is -0.544. The van der Waals surface area contributed by atoms with Crippen LogP contribution in [0.15, 0.2) is 30.3 Å². The maximum Gasteiger partial charge on any atom is 0.335 e. The number of aromatic nitrogens is 2. The van der Waals surface area contributed by atoms with Crippen molar-refractivity contribution in [2.75, 3.05) is 16.8 Å². The summed E-state index contributed by atoms with van der Waals surface area (Å²) in [5, 5.41) is 11.8. The molecule has 0 radical (unpaired) electrons. The van der Waals surface area contributed by atoms with E-state index in [0.717, 1.165) is 31.5 Å². The summed E-state index contributed by atoms with van der Waals surface area (Å²) >= 11 is 0. The number of anilines is 2. The fraction of sp³-hybridized carbons (Fsp3) is 0.455. The predicted molar refractivity (Wildman–Crippen MR) is 113 cm³/mol. The van der Waals surface area contributed by atoms with Gasteiger partial charge in [0.05, 0.1) is 5.56 Å². The molecule has 29 heavy (non-hydrogen) atoms. The Kier molecular flexibility index (Phi) is 6.46. The van der Waals surface area contributed by atoms with Gasteiger partial charge in [0.1, 0.15) is 5.69 Å². The zero-order valence-corrected chi connectivity index (χ0v) is 17.2. The molecule has 1 aliphatic heterocycles. The van der Waals surface area contributed by atoms with E-state index < -0.39 is 5.97 Å². The zero-order valence-electron chi connectivity index (χ0n) is 17.2. The van der Waals surface area contributed by atoms with E-state index in [0.29, 0.717) is 23.4 Å². The highest BCUT2D eigenvalue weighted by Gasteiger charge is 2.25. The Morgan fingerprint density at radius 3 is 2.55 bits per heavy atom. The maximum atomic E-state index is 12.9. The summed E-state index contributed by atoms with van der Waals surface area (Å²) in [6, 6.07) is 8.20. The van der Waals surface area contributed by atoms with E-state index in [2.05, 4.69) is 22.1 Å². The fourth-order valence-corrected chi connectivity index (χ4v) is 3.57. The number of carbonyl (C=O) groups is 2. The molecular weight excluding hydrogens is 368 g/mol. The van der Waals surface area contributed by atoms with Crippen molar-refractivity contribution in [1.29, 1.82) is 0 Å². The van der Waals surface area contributed by atoms with Crippen molar-refractivity contribution in [3.05, 3.63) is 47.3 Å². The Morgan fingerprint density at radius 1 is 1.21 bits per heavy atom. The van der Waals surface area contributed by atoms with Gasteiger partial charge in [-0.05, 0) is 61.9 Å². The van der Waals surface area contributed by atoms with Crippen molar-refractivity contribution in [2.24, 2.45) is 0 Å². The van der Waals surface area contributed by atoms with Crippen LogP contribution in [0.3, 0.4) is 0 Å². The molecule has 1 fully saturated rings. The summed E-state index contributed by atoms with van der Waals surface area (Å²) in [5.41, 5.74) is 1.85. The van der Waals surface area contributed by atoms with Crippen LogP contribution in [0, 0.1) is 0 Å². The molecule has 1 atom stereocenters. The summed E-state index contributed by atoms with van der Waals surface area (Å²) < 4.78 is 0. The second kappa shape index (κ2) is 9.03. The molecular formula is C22H28N4O3. The molecule has 0 spiro atoms. The maximum absolute atomic E-state index is 12.9. The molecule has 0 unspecified atom stereocenters. The number of aromatic carboxylic acids is 1. The van der Waals surface area contributed by atoms with E-state index in [9.17, 15) is 9.59 Å². The first kappa shape index (κ1) is 20.8. The number of nitrogens with zero attached hydrogens (tertiary/aromatic N) is 3. The SMILES string of the molecule is CC[C@@H]1CCCCN1c1nc(C(=O)Nc2ccc(C(=O)O)cc2)cc(C(C)C)n1. The van der Waals surface area contributed by atoms with E-state index in [1.807, 2.05) is 13.8 Å². The minimum Gasteiger partial charge on any atom is -0.478 e. The molecule has 1 amide bonds. The second-order valence-electron chi connectivity index (χ2n) is 7.72. The number of hydrogen-bond acceptors (Lipinski definition) is 5. The van der Waals surface area contributed by atoms with Gasteiger partial charge in [-0.15, -0.1) is 0 Å². The summed E-state index contributed by atoms with van der Waals surface area (Å²) in [6.07, 6.45) is 4.44. The molecule has 7 nitrogen and oxygen atoms in total. The van der Waals surface area contributed by atoms with Crippen LogP contribution in [0.2, 0.25) is 0 Å². The van der Waals surface area contributed by atoms with Gasteiger partial charge >= 0.3 is 5.97 Å². The molecule has 2 heterocycles. The van der Waals surface area contributed by atoms with Crippen LogP contribution < -0.4 is 10.2 Å². The van der Waals surface area contributed by atoms with E-state index in [1.165, 1.54) is 18.6 Å². The Labute approximate surface area is 171 Å². The van der Waals surface area contributed by atoms with Crippen LogP contribution in [-0.2, 0) is 0 Å². The van der Waals surface area contributed by atoms with Crippen LogP contribution in [0.1, 0.15) is 78.9 Å². The third-order valence-corrected chi connectivity index (χ3v) is 5.30. The molecule has 154 valence electrons. The Hall–Kier alpha value is -2.96. The topological polar surface area (TPSA) is 95.4 Å². The van der Waals surface area contributed by atoms with Crippen LogP contribution in [0.4, 0.5) is 11.6 Å². The molecule has 1 saturated heterocycles. The average molecular weight is 396 g/mol. The highest BCUT2D eigenvalue weighted by molar-refractivity contribution is 6.03. The van der Waals surface area contributed by atoms with Gasteiger partial charge in [-0.25, -0.2) is 14.8 Å². The number of carboxylic acids is 1. The first-order valence-corrected chi connectivity index (χ1v) is 10.2. The van der Waals surface area contributed by atoms with Crippen LogP contribution in [0.25, 0.3) is 0 Å². The van der Waals surface area contributed by atoms with Gasteiger partial charge in [0.2, 0.25) is 5.95 Å². The molecule has 1 aliphatic rings. The standard InChI is InChI=1S/C22H28N4O3/c1-4-17-7-5-6-12-26(17)22-24-18(14(2)3)13-19(25-22)20(27)23-16-10-8-15(9-11-16)21(28)29/h8-11,13-14,17H,4-7,12H2,1-3H3,(H,23,27)(H,28,29)/t17-/m1/s1. The number of amides is 1. The largest absolute Gasteiger partial charge is 0.478 e. The third kappa shape index (κ3) is 4.91. The number of carbonyl (C=O) groups excluding carboxylic acids is 1. The van der Waals surface area contributed by atoms with E-state index >= 15 is 0 Å². The van der Waals surface area contributed by atoms with Crippen molar-refractivity contribution in [2.45, 2.75) is 58.4 Å². The number of carboxylic acid groups (broad SMARTS) is 1. The fourth-order valence-electron chi connectivity index (χ4n) is 3.57. The number of nitrogens with one attached hydrogen (secondary N) is 1. The van der Waals surface area contributed by atoms with Crippen LogP contribution in [0.5, 0.6) is 0 Å². The molecule has 3 rings (SSSR count). The van der Waals surface area contributed by atoms with E-state index in [4.69, 9.17) is 10.1 Å². The van der Waals surface area contributed by atoms with Gasteiger partial charge in [0, 0.05) is 24.0 Å². The van der Waals surface area contributed by atoms with E-state index in [-0.39, 0.29) is 17.4 Å². The molecule has 7 heteroatoms. The van der Waals surface area contributed by atoms with Crippen molar-refractivity contribution < 1.29 is 14.7 Å². The second-order valence-corrected chi connectivity index (χ2v) is 7.72. The van der Waals surface area contributed by atoms with Gasteiger partial charge in [-0.2, -0.15) is 0 Å². The molecule has 2 N–H and O–H groups in total. The molecule has 0 bridgehead atoms. The first-order chi connectivity index (χ1) is 13.9. The third-order valence-electron chi connectivity index (χ3n) is 5.30. The van der Waals surface area contributed by atoms with Gasteiger partial charge in [-0.3, -0.25) is 4.79 Å². The number of benzene rings is 1. The van der Waals surface area contributed by atoms with Gasteiger partial charge in [0.15, 0.2) is 0 Å². The van der Waals surface area contributed by atoms with Crippen LogP contribution in [-0.4, -0.2) is 39.5 Å². The summed E-state index contributed by atoms with van der Waals surface area (Å²) in [7, 11) is 0. The number of piperidine rings is 1. The lowest BCUT2D eigenvalue weighted by atomic mass is 10.0. The molecule has 1 aromatic carbocycles. The zero-order chi connectivity index (χ0) is 21.0. The van der Waals surface area contributed by atoms with Crippen LogP contribution >= 0.6 is 0 Å². The molecule has 1 aromatic heterocycles. The number of rotatable bonds is 6. The normalized spacial score (nSPS) is 16.7. The highest BCUT2D eigenvalue weighted by Crippen LogP contribution is 2.26. The Bertz CT molecular complexity index is 880. The van der Waals surface area contributed by atoms with Gasteiger partial charge in [-0.1, -0.05) is 20.8 Å². The lowest BCUT2D eigenvalue weighted by Crippen LogP contribution is -2.40. The van der Waals surface area contributed by atoms with E-state index in [1.54, 1.807) is 18.2 Å². The predicted octanol–water partition coefficient (Wildman–Crippen LogP) is 4.32.